The maximum Gasteiger partial charge on any atom is 0.346 e. The third-order valence-electron chi connectivity index (χ3n) is 6.82. The molecule has 0 aliphatic carbocycles. The summed E-state index contributed by atoms with van der Waals surface area (Å²) in [5, 5.41) is 0.853. The predicted molar refractivity (Wildman–Crippen MR) is 166 cm³/mol. The smallest absolute Gasteiger partial charge is 0.346 e. The first-order valence-corrected chi connectivity index (χ1v) is 21.1. The molecule has 7 nitrogen and oxygen atoms in total. The lowest BCUT2D eigenvalue weighted by Gasteiger charge is -2.20. The third kappa shape index (κ3) is 7.48. The average Bonchev–Trinajstić information content (AvgIpc) is 2.88. The van der Waals surface area contributed by atoms with Crippen molar-refractivity contribution in [3.8, 4) is 11.1 Å². The largest absolute Gasteiger partial charge is 0.463 e. The van der Waals surface area contributed by atoms with E-state index >= 15 is 0 Å². The summed E-state index contributed by atoms with van der Waals surface area (Å²) < 4.78 is 15.9. The number of cyclic esters (lactones) is 2. The second-order valence-electron chi connectivity index (χ2n) is 12.6. The third-order valence-corrected chi connectivity index (χ3v) is 10.2. The van der Waals surface area contributed by atoms with Gasteiger partial charge in [-0.15, -0.1) is 0 Å². The Bertz CT molecular complexity index is 1520. The lowest BCUT2D eigenvalue weighted by Crippen LogP contribution is -2.23. The fraction of sp³-hybridized carbons (Fsp3) is 0.312. The first kappa shape index (κ1) is 30.1. The van der Waals surface area contributed by atoms with Crippen LogP contribution in [0.25, 0.3) is 28.0 Å². The Labute approximate surface area is 242 Å². The van der Waals surface area contributed by atoms with E-state index in [1.807, 2.05) is 24.3 Å². The first-order valence-electron chi connectivity index (χ1n) is 13.7. The van der Waals surface area contributed by atoms with Gasteiger partial charge in [0.2, 0.25) is 0 Å². The Morgan fingerprint density at radius 1 is 0.707 bits per heavy atom. The molecule has 0 fully saturated rings. The molecule has 0 N–H and O–H groups in total. The van der Waals surface area contributed by atoms with E-state index < -0.39 is 34.1 Å². The molecule has 0 saturated heterocycles. The standard InChI is InChI=1S/C32H36O7Si2/c1-40(2,3)19-17-37-27(33)16-9-21-7-10-22(11-8-21)23-12-13-25-29-26(32(36)39-31(25)35)15-14-24(28(23)29)30(34)38-18-20-41(4,5)6/h7-16H,17-20H2,1-6H3/b16-9+. The minimum Gasteiger partial charge on any atom is -0.463 e. The Hall–Kier alpha value is -3.83. The molecule has 3 aromatic carbocycles. The van der Waals surface area contributed by atoms with E-state index in [0.717, 1.165) is 23.2 Å². The molecule has 1 aliphatic rings. The lowest BCUT2D eigenvalue weighted by molar-refractivity contribution is -0.137. The maximum atomic E-state index is 13.3. The van der Waals surface area contributed by atoms with Gasteiger partial charge in [0, 0.05) is 33.0 Å². The lowest BCUT2D eigenvalue weighted by atomic mass is 9.88. The number of carbonyl (C=O) groups is 4. The summed E-state index contributed by atoms with van der Waals surface area (Å²) >= 11 is 0. The molecule has 0 saturated carbocycles. The summed E-state index contributed by atoms with van der Waals surface area (Å²) in [5.41, 5.74) is 2.97. The van der Waals surface area contributed by atoms with Crippen LogP contribution in [-0.4, -0.2) is 53.2 Å². The van der Waals surface area contributed by atoms with Crippen molar-refractivity contribution in [2.75, 3.05) is 13.2 Å². The van der Waals surface area contributed by atoms with Crippen LogP contribution in [0.15, 0.2) is 54.6 Å². The fourth-order valence-corrected chi connectivity index (χ4v) is 5.84. The van der Waals surface area contributed by atoms with Crippen molar-refractivity contribution in [3.63, 3.8) is 0 Å². The monoisotopic (exact) mass is 588 g/mol. The molecule has 41 heavy (non-hydrogen) atoms. The highest BCUT2D eigenvalue weighted by molar-refractivity contribution is 6.76. The second kappa shape index (κ2) is 12.0. The summed E-state index contributed by atoms with van der Waals surface area (Å²) in [6.07, 6.45) is 3.10. The molecule has 1 heterocycles. The molecule has 214 valence electrons. The van der Waals surface area contributed by atoms with Crippen molar-refractivity contribution in [1.82, 2.24) is 0 Å². The van der Waals surface area contributed by atoms with E-state index in [4.69, 9.17) is 14.2 Å². The highest BCUT2D eigenvalue weighted by Crippen LogP contribution is 2.38. The van der Waals surface area contributed by atoms with Crippen molar-refractivity contribution in [2.45, 2.75) is 51.4 Å². The van der Waals surface area contributed by atoms with Crippen LogP contribution in [0.4, 0.5) is 0 Å². The number of esters is 4. The van der Waals surface area contributed by atoms with Crippen molar-refractivity contribution >= 4 is 56.9 Å². The van der Waals surface area contributed by atoms with Gasteiger partial charge in [-0.2, -0.15) is 0 Å². The zero-order valence-corrected chi connectivity index (χ0v) is 26.5. The topological polar surface area (TPSA) is 96.0 Å². The van der Waals surface area contributed by atoms with Crippen LogP contribution >= 0.6 is 0 Å². The Balaban J connectivity index is 1.67. The highest BCUT2D eigenvalue weighted by atomic mass is 28.3. The minimum absolute atomic E-state index is 0.224. The summed E-state index contributed by atoms with van der Waals surface area (Å²) in [5.74, 6) is -2.39. The van der Waals surface area contributed by atoms with Gasteiger partial charge in [-0.1, -0.05) is 69.6 Å². The average molecular weight is 589 g/mol. The van der Waals surface area contributed by atoms with Crippen molar-refractivity contribution in [3.05, 3.63) is 76.9 Å². The number of hydrogen-bond acceptors (Lipinski definition) is 7. The van der Waals surface area contributed by atoms with E-state index in [0.29, 0.717) is 29.5 Å². The van der Waals surface area contributed by atoms with Gasteiger partial charge in [0.25, 0.3) is 0 Å². The number of benzene rings is 3. The molecule has 1 aliphatic heterocycles. The normalized spacial score (nSPS) is 13.4. The van der Waals surface area contributed by atoms with Gasteiger partial charge in [-0.25, -0.2) is 19.2 Å². The molecular weight excluding hydrogens is 553 g/mol. The molecule has 9 heteroatoms. The molecule has 0 radical (unpaired) electrons. The van der Waals surface area contributed by atoms with Gasteiger partial charge in [0.1, 0.15) is 0 Å². The number of carbonyl (C=O) groups excluding carboxylic acids is 4. The van der Waals surface area contributed by atoms with Gasteiger partial charge < -0.3 is 14.2 Å². The number of ether oxygens (including phenoxy) is 3. The molecule has 0 spiro atoms. The van der Waals surface area contributed by atoms with Gasteiger partial charge in [-0.05, 0) is 53.1 Å². The molecule has 4 rings (SSSR count). The summed E-state index contributed by atoms with van der Waals surface area (Å²) in [6, 6.07) is 15.6. The summed E-state index contributed by atoms with van der Waals surface area (Å²) in [4.78, 5) is 50.6. The summed E-state index contributed by atoms with van der Waals surface area (Å²) in [6.45, 7) is 14.0. The van der Waals surface area contributed by atoms with Crippen LogP contribution < -0.4 is 0 Å². The molecule has 0 unspecified atom stereocenters. The molecule has 0 amide bonds. The van der Waals surface area contributed by atoms with Crippen LogP contribution in [0.5, 0.6) is 0 Å². The van der Waals surface area contributed by atoms with Gasteiger partial charge in [-0.3, -0.25) is 0 Å². The van der Waals surface area contributed by atoms with Crippen LogP contribution in [0.1, 0.15) is 36.6 Å². The van der Waals surface area contributed by atoms with Gasteiger partial charge >= 0.3 is 23.9 Å². The number of hydrogen-bond donors (Lipinski definition) is 0. The zero-order chi connectivity index (χ0) is 29.9. The molecular formula is C32H36O7Si2. The van der Waals surface area contributed by atoms with Gasteiger partial charge in [0.05, 0.1) is 29.9 Å². The Kier molecular flexibility index (Phi) is 8.79. The molecule has 0 atom stereocenters. The number of rotatable bonds is 10. The van der Waals surface area contributed by atoms with Gasteiger partial charge in [0.15, 0.2) is 0 Å². The minimum atomic E-state index is -1.43. The van der Waals surface area contributed by atoms with E-state index in [9.17, 15) is 19.2 Å². The van der Waals surface area contributed by atoms with Crippen molar-refractivity contribution < 1.29 is 33.4 Å². The summed E-state index contributed by atoms with van der Waals surface area (Å²) in [7, 11) is -2.71. The van der Waals surface area contributed by atoms with Crippen molar-refractivity contribution in [1.29, 1.82) is 0 Å². The fourth-order valence-electron chi connectivity index (χ4n) is 4.41. The van der Waals surface area contributed by atoms with E-state index in [1.165, 1.54) is 12.1 Å². The second-order valence-corrected chi connectivity index (χ2v) is 23.9. The van der Waals surface area contributed by atoms with Crippen LogP contribution in [0, 0.1) is 0 Å². The molecule has 0 bridgehead atoms. The van der Waals surface area contributed by atoms with E-state index in [2.05, 4.69) is 39.3 Å². The first-order chi connectivity index (χ1) is 19.2. The van der Waals surface area contributed by atoms with Crippen LogP contribution in [0.3, 0.4) is 0 Å². The predicted octanol–water partition coefficient (Wildman–Crippen LogP) is 7.21. The molecule has 3 aromatic rings. The Morgan fingerprint density at radius 2 is 1.24 bits per heavy atom. The van der Waals surface area contributed by atoms with Crippen molar-refractivity contribution in [2.24, 2.45) is 0 Å². The highest BCUT2D eigenvalue weighted by Gasteiger charge is 2.31. The van der Waals surface area contributed by atoms with E-state index in [1.54, 1.807) is 24.3 Å². The Morgan fingerprint density at radius 3 is 1.83 bits per heavy atom. The quantitative estimate of drug-likeness (QED) is 0.0812. The van der Waals surface area contributed by atoms with E-state index in [-0.39, 0.29) is 22.7 Å². The van der Waals surface area contributed by atoms with Crippen LogP contribution in [0.2, 0.25) is 51.4 Å². The van der Waals surface area contributed by atoms with Crippen LogP contribution in [-0.2, 0) is 19.0 Å². The SMILES string of the molecule is C[Si](C)(C)CCOC(=O)/C=C/c1ccc(-c2ccc3c4c(ccc(C(=O)OCC[Si](C)(C)C)c24)C(=O)OC3=O)cc1. The molecule has 0 aromatic heterocycles. The maximum absolute atomic E-state index is 13.3. The zero-order valence-electron chi connectivity index (χ0n) is 24.5.